The standard InChI is InChI=1S/C11H9ClF3N3S/c1-6-5-7(12)3-4-8(6)18-9(11(13,14)15)16-17(2)10(18)19/h3-5H,1-2H3. The number of rotatable bonds is 1. The molecule has 19 heavy (non-hydrogen) atoms. The molecule has 0 atom stereocenters. The molecule has 102 valence electrons. The minimum absolute atomic E-state index is 0.0299. The predicted molar refractivity (Wildman–Crippen MR) is 68.1 cm³/mol. The van der Waals surface area contributed by atoms with Gasteiger partial charge in [-0.2, -0.15) is 13.2 Å². The van der Waals surface area contributed by atoms with Gasteiger partial charge in [-0.25, -0.2) is 4.68 Å². The summed E-state index contributed by atoms with van der Waals surface area (Å²) < 4.78 is 40.8. The molecule has 0 radical (unpaired) electrons. The van der Waals surface area contributed by atoms with Crippen LogP contribution in [-0.4, -0.2) is 14.3 Å². The van der Waals surface area contributed by atoms with Gasteiger partial charge in [-0.3, -0.25) is 4.57 Å². The lowest BCUT2D eigenvalue weighted by Crippen LogP contribution is -2.14. The van der Waals surface area contributed by atoms with E-state index in [0.29, 0.717) is 16.3 Å². The number of benzene rings is 1. The van der Waals surface area contributed by atoms with Crippen LogP contribution in [0.3, 0.4) is 0 Å². The summed E-state index contributed by atoms with van der Waals surface area (Å²) in [5.41, 5.74) is 0.900. The second-order valence-corrected chi connectivity index (χ2v) is 4.80. The molecule has 0 aliphatic rings. The Balaban J connectivity index is 2.78. The third-order valence-electron chi connectivity index (χ3n) is 2.58. The summed E-state index contributed by atoms with van der Waals surface area (Å²) in [6.45, 7) is 1.66. The molecule has 0 aliphatic heterocycles. The maximum Gasteiger partial charge on any atom is 0.452 e. The van der Waals surface area contributed by atoms with E-state index in [1.54, 1.807) is 13.0 Å². The number of nitrogens with zero attached hydrogens (tertiary/aromatic N) is 3. The van der Waals surface area contributed by atoms with E-state index in [0.717, 1.165) is 9.25 Å². The van der Waals surface area contributed by atoms with E-state index < -0.39 is 12.0 Å². The molecule has 1 aromatic carbocycles. The fourth-order valence-corrected chi connectivity index (χ4v) is 2.19. The van der Waals surface area contributed by atoms with Gasteiger partial charge in [0.05, 0.1) is 5.69 Å². The maximum absolute atomic E-state index is 13.0. The molecular weight excluding hydrogens is 299 g/mol. The molecule has 3 nitrogen and oxygen atoms in total. The average Bonchev–Trinajstić information content (AvgIpc) is 2.56. The summed E-state index contributed by atoms with van der Waals surface area (Å²) >= 11 is 10.8. The van der Waals surface area contributed by atoms with Crippen LogP contribution in [0.4, 0.5) is 13.2 Å². The van der Waals surface area contributed by atoms with Crippen LogP contribution < -0.4 is 0 Å². The summed E-state index contributed by atoms with van der Waals surface area (Å²) in [6.07, 6.45) is -4.58. The molecule has 2 rings (SSSR count). The monoisotopic (exact) mass is 307 g/mol. The SMILES string of the molecule is Cc1cc(Cl)ccc1-n1c(C(F)(F)F)nn(C)c1=S. The summed E-state index contributed by atoms with van der Waals surface area (Å²) in [6, 6.07) is 4.58. The number of aromatic nitrogens is 3. The minimum atomic E-state index is -4.58. The number of hydrogen-bond donors (Lipinski definition) is 0. The van der Waals surface area contributed by atoms with Crippen molar-refractivity contribution in [2.24, 2.45) is 7.05 Å². The van der Waals surface area contributed by atoms with Crippen molar-refractivity contribution in [3.05, 3.63) is 39.4 Å². The van der Waals surface area contributed by atoms with Crippen LogP contribution in [0.25, 0.3) is 5.69 Å². The Labute approximate surface area is 117 Å². The van der Waals surface area contributed by atoms with Gasteiger partial charge in [0.1, 0.15) is 0 Å². The predicted octanol–water partition coefficient (Wildman–Crippen LogP) is 3.92. The first-order chi connectivity index (χ1) is 8.71. The molecule has 0 N–H and O–H groups in total. The van der Waals surface area contributed by atoms with Crippen molar-refractivity contribution < 1.29 is 13.2 Å². The fraction of sp³-hybridized carbons (Fsp3) is 0.273. The molecule has 0 fully saturated rings. The quantitative estimate of drug-likeness (QED) is 0.745. The number of aryl methyl sites for hydroxylation is 2. The lowest BCUT2D eigenvalue weighted by molar-refractivity contribution is -0.146. The van der Waals surface area contributed by atoms with Crippen molar-refractivity contribution in [1.29, 1.82) is 0 Å². The zero-order valence-electron chi connectivity index (χ0n) is 9.99. The van der Waals surface area contributed by atoms with Gasteiger partial charge in [0.2, 0.25) is 10.6 Å². The Morgan fingerprint density at radius 3 is 2.47 bits per heavy atom. The molecule has 1 heterocycles. The zero-order valence-corrected chi connectivity index (χ0v) is 11.6. The first-order valence-electron chi connectivity index (χ1n) is 5.21. The van der Waals surface area contributed by atoms with Crippen molar-refractivity contribution in [2.45, 2.75) is 13.1 Å². The number of hydrogen-bond acceptors (Lipinski definition) is 2. The first-order valence-corrected chi connectivity index (χ1v) is 6.00. The van der Waals surface area contributed by atoms with E-state index in [1.807, 2.05) is 0 Å². The van der Waals surface area contributed by atoms with Crippen LogP contribution in [-0.2, 0) is 13.2 Å². The molecule has 0 bridgehead atoms. The zero-order chi connectivity index (χ0) is 14.4. The highest BCUT2D eigenvalue weighted by atomic mass is 35.5. The molecule has 8 heteroatoms. The van der Waals surface area contributed by atoms with Gasteiger partial charge < -0.3 is 0 Å². The van der Waals surface area contributed by atoms with Crippen LogP contribution in [0, 0.1) is 11.7 Å². The highest BCUT2D eigenvalue weighted by Gasteiger charge is 2.38. The van der Waals surface area contributed by atoms with Crippen molar-refractivity contribution in [3.63, 3.8) is 0 Å². The topological polar surface area (TPSA) is 22.8 Å². The molecule has 1 aromatic heterocycles. The average molecular weight is 308 g/mol. The van der Waals surface area contributed by atoms with Crippen LogP contribution in [0.5, 0.6) is 0 Å². The van der Waals surface area contributed by atoms with Crippen molar-refractivity contribution in [1.82, 2.24) is 14.3 Å². The van der Waals surface area contributed by atoms with Gasteiger partial charge in [-0.05, 0) is 42.9 Å². The third-order valence-corrected chi connectivity index (χ3v) is 3.26. The van der Waals surface area contributed by atoms with E-state index in [9.17, 15) is 13.2 Å². The summed E-state index contributed by atoms with van der Waals surface area (Å²) in [5, 5.41) is 3.89. The van der Waals surface area contributed by atoms with Crippen LogP contribution in [0.2, 0.25) is 5.02 Å². The lowest BCUT2D eigenvalue weighted by Gasteiger charge is -2.11. The van der Waals surface area contributed by atoms with Gasteiger partial charge in [-0.1, -0.05) is 11.6 Å². The largest absolute Gasteiger partial charge is 0.452 e. The number of alkyl halides is 3. The van der Waals surface area contributed by atoms with Crippen molar-refractivity contribution in [2.75, 3.05) is 0 Å². The molecular formula is C11H9ClF3N3S. The Kier molecular flexibility index (Phi) is 3.44. The van der Waals surface area contributed by atoms with Gasteiger partial charge in [0, 0.05) is 12.1 Å². The molecule has 0 saturated carbocycles. The summed E-state index contributed by atoms with van der Waals surface area (Å²) in [5.74, 6) is -1.05. The summed E-state index contributed by atoms with van der Waals surface area (Å²) in [7, 11) is 1.37. The van der Waals surface area contributed by atoms with E-state index in [1.165, 1.54) is 19.2 Å². The van der Waals surface area contributed by atoms with Gasteiger partial charge in [-0.15, -0.1) is 5.10 Å². The van der Waals surface area contributed by atoms with Gasteiger partial charge in [0.25, 0.3) is 0 Å². The van der Waals surface area contributed by atoms with Crippen LogP contribution in [0.15, 0.2) is 18.2 Å². The van der Waals surface area contributed by atoms with Crippen LogP contribution >= 0.6 is 23.8 Å². The van der Waals surface area contributed by atoms with E-state index in [-0.39, 0.29) is 4.77 Å². The highest BCUT2D eigenvalue weighted by molar-refractivity contribution is 7.71. The third kappa shape index (κ3) is 2.52. The highest BCUT2D eigenvalue weighted by Crippen LogP contribution is 2.31. The summed E-state index contributed by atoms with van der Waals surface area (Å²) in [4.78, 5) is 0. The van der Waals surface area contributed by atoms with Crippen LogP contribution in [0.1, 0.15) is 11.4 Å². The molecule has 2 aromatic rings. The normalized spacial score (nSPS) is 11.9. The van der Waals surface area contributed by atoms with E-state index >= 15 is 0 Å². The smallest absolute Gasteiger partial charge is 0.264 e. The van der Waals surface area contributed by atoms with Gasteiger partial charge >= 0.3 is 6.18 Å². The molecule has 0 spiro atoms. The number of halogens is 4. The molecule has 0 unspecified atom stereocenters. The van der Waals surface area contributed by atoms with E-state index in [2.05, 4.69) is 5.10 Å². The Bertz CT molecular complexity index is 687. The Hall–Kier alpha value is -1.34. The van der Waals surface area contributed by atoms with Gasteiger partial charge in [0.15, 0.2) is 0 Å². The van der Waals surface area contributed by atoms with Crippen molar-refractivity contribution in [3.8, 4) is 5.69 Å². The Morgan fingerprint density at radius 2 is 1.95 bits per heavy atom. The second-order valence-electron chi connectivity index (χ2n) is 3.99. The second kappa shape index (κ2) is 4.64. The maximum atomic E-state index is 13.0. The molecule has 0 aliphatic carbocycles. The minimum Gasteiger partial charge on any atom is -0.264 e. The van der Waals surface area contributed by atoms with E-state index in [4.69, 9.17) is 23.8 Å². The lowest BCUT2D eigenvalue weighted by atomic mass is 10.2. The molecule has 0 saturated heterocycles. The van der Waals surface area contributed by atoms with Crippen molar-refractivity contribution >= 4 is 23.8 Å². The Morgan fingerprint density at radius 1 is 1.32 bits per heavy atom. The molecule has 0 amide bonds. The first kappa shape index (κ1) is 14.1. The fourth-order valence-electron chi connectivity index (χ4n) is 1.74.